The number of nitrogens with one attached hydrogen (secondary N) is 2. The SMILES string of the molecule is Cc1ccc(C(C)NC(=O)c2cc3cccc(N)c3[nH]2)s1. The van der Waals surface area contributed by atoms with Gasteiger partial charge in [0.1, 0.15) is 5.69 Å². The Bertz CT molecular complexity index is 803. The predicted octanol–water partition coefficient (Wildman–Crippen LogP) is 3.61. The van der Waals surface area contributed by atoms with Crippen molar-refractivity contribution in [2.75, 3.05) is 5.73 Å². The van der Waals surface area contributed by atoms with Crippen molar-refractivity contribution < 1.29 is 4.79 Å². The van der Waals surface area contributed by atoms with Crippen LogP contribution in [0.1, 0.15) is 33.2 Å². The molecule has 0 radical (unpaired) electrons. The number of carbonyl (C=O) groups is 1. The number of aromatic amines is 1. The Labute approximate surface area is 127 Å². The van der Waals surface area contributed by atoms with Crippen LogP contribution in [-0.2, 0) is 0 Å². The van der Waals surface area contributed by atoms with Gasteiger partial charge in [0.25, 0.3) is 5.91 Å². The van der Waals surface area contributed by atoms with Gasteiger partial charge in [0, 0.05) is 15.1 Å². The number of H-pyrrole nitrogens is 1. The van der Waals surface area contributed by atoms with Gasteiger partial charge in [-0.15, -0.1) is 11.3 Å². The van der Waals surface area contributed by atoms with Crippen LogP contribution in [0.15, 0.2) is 36.4 Å². The summed E-state index contributed by atoms with van der Waals surface area (Å²) in [5.74, 6) is -0.121. The van der Waals surface area contributed by atoms with E-state index in [0.717, 1.165) is 15.8 Å². The molecule has 3 rings (SSSR count). The van der Waals surface area contributed by atoms with Crippen LogP contribution in [0.25, 0.3) is 10.9 Å². The number of hydrogen-bond acceptors (Lipinski definition) is 3. The number of anilines is 1. The molecule has 5 heteroatoms. The van der Waals surface area contributed by atoms with Crippen molar-refractivity contribution in [1.29, 1.82) is 0 Å². The number of hydrogen-bond donors (Lipinski definition) is 3. The van der Waals surface area contributed by atoms with E-state index < -0.39 is 0 Å². The maximum atomic E-state index is 12.3. The molecule has 1 amide bonds. The van der Waals surface area contributed by atoms with Crippen molar-refractivity contribution in [3.8, 4) is 0 Å². The highest BCUT2D eigenvalue weighted by atomic mass is 32.1. The monoisotopic (exact) mass is 299 g/mol. The number of thiophene rings is 1. The number of amides is 1. The lowest BCUT2D eigenvalue weighted by molar-refractivity contribution is 0.0936. The first-order chi connectivity index (χ1) is 10.0. The molecule has 0 fully saturated rings. The first kappa shape index (κ1) is 13.7. The van der Waals surface area contributed by atoms with Crippen molar-refractivity contribution in [2.45, 2.75) is 19.9 Å². The van der Waals surface area contributed by atoms with Gasteiger partial charge in [-0.1, -0.05) is 12.1 Å². The molecule has 21 heavy (non-hydrogen) atoms. The number of aromatic nitrogens is 1. The quantitative estimate of drug-likeness (QED) is 0.646. The van der Waals surface area contributed by atoms with Gasteiger partial charge in [-0.25, -0.2) is 0 Å². The van der Waals surface area contributed by atoms with Crippen molar-refractivity contribution in [3.63, 3.8) is 0 Å². The topological polar surface area (TPSA) is 70.9 Å². The molecule has 1 atom stereocenters. The van der Waals surface area contributed by atoms with E-state index in [1.807, 2.05) is 37.3 Å². The molecule has 0 aliphatic carbocycles. The summed E-state index contributed by atoms with van der Waals surface area (Å²) in [5.41, 5.74) is 7.89. The molecule has 3 aromatic rings. The summed E-state index contributed by atoms with van der Waals surface area (Å²) in [7, 11) is 0. The fourth-order valence-electron chi connectivity index (χ4n) is 2.33. The lowest BCUT2D eigenvalue weighted by Gasteiger charge is -2.11. The second kappa shape index (κ2) is 5.26. The number of nitrogen functional groups attached to an aromatic ring is 1. The van der Waals surface area contributed by atoms with E-state index >= 15 is 0 Å². The number of benzene rings is 1. The molecule has 4 nitrogen and oxygen atoms in total. The Morgan fingerprint density at radius 3 is 2.81 bits per heavy atom. The van der Waals surface area contributed by atoms with E-state index in [2.05, 4.69) is 23.3 Å². The minimum atomic E-state index is -0.121. The number of rotatable bonds is 3. The minimum Gasteiger partial charge on any atom is -0.397 e. The van der Waals surface area contributed by atoms with E-state index in [-0.39, 0.29) is 11.9 Å². The average molecular weight is 299 g/mol. The van der Waals surface area contributed by atoms with Gasteiger partial charge >= 0.3 is 0 Å². The van der Waals surface area contributed by atoms with E-state index in [9.17, 15) is 4.79 Å². The molecule has 2 aromatic heterocycles. The largest absolute Gasteiger partial charge is 0.397 e. The second-order valence-corrected chi connectivity index (χ2v) is 6.46. The fourth-order valence-corrected chi connectivity index (χ4v) is 3.21. The fraction of sp³-hybridized carbons (Fsp3) is 0.188. The van der Waals surface area contributed by atoms with Crippen LogP contribution < -0.4 is 11.1 Å². The summed E-state index contributed by atoms with van der Waals surface area (Å²) in [4.78, 5) is 17.8. The van der Waals surface area contributed by atoms with Crippen molar-refractivity contribution in [2.24, 2.45) is 0 Å². The summed E-state index contributed by atoms with van der Waals surface area (Å²) < 4.78 is 0. The summed E-state index contributed by atoms with van der Waals surface area (Å²) >= 11 is 1.70. The second-order valence-electron chi connectivity index (χ2n) is 5.14. The van der Waals surface area contributed by atoms with Crippen LogP contribution >= 0.6 is 11.3 Å². The molecule has 108 valence electrons. The summed E-state index contributed by atoms with van der Waals surface area (Å²) in [6.45, 7) is 4.05. The van der Waals surface area contributed by atoms with Gasteiger partial charge in [0.2, 0.25) is 0 Å². The third-order valence-corrected chi connectivity index (χ3v) is 4.65. The van der Waals surface area contributed by atoms with Crippen molar-refractivity contribution >= 4 is 33.8 Å². The highest BCUT2D eigenvalue weighted by molar-refractivity contribution is 7.12. The Morgan fingerprint density at radius 2 is 2.14 bits per heavy atom. The van der Waals surface area contributed by atoms with Crippen LogP contribution in [0, 0.1) is 6.92 Å². The molecule has 0 saturated carbocycles. The normalized spacial score (nSPS) is 12.5. The first-order valence-electron chi connectivity index (χ1n) is 6.79. The molecule has 0 aliphatic heterocycles. The number of aryl methyl sites for hydroxylation is 1. The molecule has 0 aliphatic rings. The third-order valence-electron chi connectivity index (χ3n) is 3.47. The van der Waals surface area contributed by atoms with Gasteiger partial charge in [-0.05, 0) is 38.1 Å². The van der Waals surface area contributed by atoms with E-state index in [0.29, 0.717) is 11.4 Å². The molecular formula is C16H17N3OS. The Balaban J connectivity index is 1.82. The van der Waals surface area contributed by atoms with E-state index in [4.69, 9.17) is 5.73 Å². The molecule has 0 saturated heterocycles. The lowest BCUT2D eigenvalue weighted by atomic mass is 10.2. The smallest absolute Gasteiger partial charge is 0.268 e. The maximum absolute atomic E-state index is 12.3. The lowest BCUT2D eigenvalue weighted by Crippen LogP contribution is -2.26. The van der Waals surface area contributed by atoms with Crippen molar-refractivity contribution in [1.82, 2.24) is 10.3 Å². The number of carbonyl (C=O) groups excluding carboxylic acids is 1. The highest BCUT2D eigenvalue weighted by Gasteiger charge is 2.15. The van der Waals surface area contributed by atoms with E-state index in [1.165, 1.54) is 4.88 Å². The van der Waals surface area contributed by atoms with Gasteiger partial charge in [0.05, 0.1) is 17.2 Å². The molecule has 0 bridgehead atoms. The zero-order valence-electron chi connectivity index (χ0n) is 11.9. The molecule has 1 aromatic carbocycles. The van der Waals surface area contributed by atoms with Crippen LogP contribution in [-0.4, -0.2) is 10.9 Å². The standard InChI is InChI=1S/C16H17N3OS/c1-9-6-7-14(21-9)10(2)18-16(20)13-8-11-4-3-5-12(17)15(11)19-13/h3-8,10,19H,17H2,1-2H3,(H,18,20). The average Bonchev–Trinajstić information content (AvgIpc) is 3.05. The number of nitrogens with two attached hydrogens (primary N) is 1. The van der Waals surface area contributed by atoms with Gasteiger partial charge < -0.3 is 16.0 Å². The number of para-hydroxylation sites is 1. The van der Waals surface area contributed by atoms with Gasteiger partial charge in [-0.3, -0.25) is 4.79 Å². The van der Waals surface area contributed by atoms with E-state index in [1.54, 1.807) is 11.3 Å². The molecular weight excluding hydrogens is 282 g/mol. The van der Waals surface area contributed by atoms with Gasteiger partial charge in [0.15, 0.2) is 0 Å². The molecule has 4 N–H and O–H groups in total. The highest BCUT2D eigenvalue weighted by Crippen LogP contribution is 2.24. The van der Waals surface area contributed by atoms with Crippen LogP contribution in [0.5, 0.6) is 0 Å². The van der Waals surface area contributed by atoms with Crippen molar-refractivity contribution in [3.05, 3.63) is 51.8 Å². The summed E-state index contributed by atoms with van der Waals surface area (Å²) in [6, 6.07) is 11.6. The number of fused-ring (bicyclic) bond motifs is 1. The van der Waals surface area contributed by atoms with Crippen LogP contribution in [0.2, 0.25) is 0 Å². The molecule has 0 spiro atoms. The van der Waals surface area contributed by atoms with Gasteiger partial charge in [-0.2, -0.15) is 0 Å². The van der Waals surface area contributed by atoms with Crippen LogP contribution in [0.4, 0.5) is 5.69 Å². The first-order valence-corrected chi connectivity index (χ1v) is 7.60. The maximum Gasteiger partial charge on any atom is 0.268 e. The predicted molar refractivity (Wildman–Crippen MR) is 87.6 cm³/mol. The summed E-state index contributed by atoms with van der Waals surface area (Å²) in [6.07, 6.45) is 0. The summed E-state index contributed by atoms with van der Waals surface area (Å²) in [5, 5.41) is 3.95. The molecule has 2 heterocycles. The Morgan fingerprint density at radius 1 is 1.33 bits per heavy atom. The van der Waals surface area contributed by atoms with Crippen LogP contribution in [0.3, 0.4) is 0 Å². The Hall–Kier alpha value is -2.27. The Kier molecular flexibility index (Phi) is 3.43. The minimum absolute atomic E-state index is 0.0139. The molecule has 1 unspecified atom stereocenters. The zero-order chi connectivity index (χ0) is 15.0. The zero-order valence-corrected chi connectivity index (χ0v) is 12.8. The third kappa shape index (κ3) is 2.64.